The number of rotatable bonds is 0. The maximum Gasteiger partial charge on any atom is 0.137 e. The third kappa shape index (κ3) is 0.890. The van der Waals surface area contributed by atoms with Crippen molar-refractivity contribution in [2.75, 3.05) is 5.73 Å². The van der Waals surface area contributed by atoms with Crippen molar-refractivity contribution in [3.05, 3.63) is 11.8 Å². The molecule has 0 bridgehead atoms. The molecule has 1 rings (SSSR count). The van der Waals surface area contributed by atoms with Gasteiger partial charge in [0.2, 0.25) is 0 Å². The first-order valence-electron chi connectivity index (χ1n) is 2.75. The molecule has 0 aliphatic heterocycles. The van der Waals surface area contributed by atoms with E-state index in [-0.39, 0.29) is 0 Å². The lowest BCUT2D eigenvalue weighted by Crippen LogP contribution is -1.98. The first-order chi connectivity index (χ1) is 4.75. The minimum atomic E-state index is 0.540. The number of hydrogen-bond donors (Lipinski definition) is 2. The van der Waals surface area contributed by atoms with Gasteiger partial charge in [-0.2, -0.15) is 5.10 Å². The van der Waals surface area contributed by atoms with Crippen LogP contribution in [0.4, 0.5) is 5.82 Å². The lowest BCUT2D eigenvalue weighted by molar-refractivity contribution is 0.779. The first kappa shape index (κ1) is 6.49. The molecule has 1 aromatic heterocycles. The molecule has 52 valence electrons. The van der Waals surface area contributed by atoms with Gasteiger partial charge < -0.3 is 11.5 Å². The summed E-state index contributed by atoms with van der Waals surface area (Å²) in [5.74, 6) is 3.16. The maximum absolute atomic E-state index is 5.53. The van der Waals surface area contributed by atoms with Crippen molar-refractivity contribution in [2.45, 2.75) is 0 Å². The molecule has 0 spiro atoms. The summed E-state index contributed by atoms with van der Waals surface area (Å²) in [5, 5.41) is 3.87. The van der Waals surface area contributed by atoms with Crippen LogP contribution in [0.15, 0.2) is 6.20 Å². The number of aryl methyl sites for hydroxylation is 1. The van der Waals surface area contributed by atoms with E-state index in [1.807, 2.05) is 0 Å². The number of hydrogen-bond acceptors (Lipinski definition) is 3. The van der Waals surface area contributed by atoms with Gasteiger partial charge in [-0.3, -0.25) is 4.68 Å². The molecule has 0 atom stereocenters. The van der Waals surface area contributed by atoms with Crippen molar-refractivity contribution in [2.24, 2.45) is 12.8 Å². The molecule has 0 saturated heterocycles. The Morgan fingerprint density at radius 1 is 1.70 bits per heavy atom. The summed E-state index contributed by atoms with van der Waals surface area (Å²) in [7, 11) is 1.75. The van der Waals surface area contributed by atoms with Crippen molar-refractivity contribution in [1.29, 1.82) is 0 Å². The third-order valence-corrected chi connectivity index (χ3v) is 1.19. The van der Waals surface area contributed by atoms with Crippen molar-refractivity contribution in [3.8, 4) is 12.0 Å². The number of nitrogens with zero attached hydrogens (tertiary/aromatic N) is 2. The molecule has 10 heavy (non-hydrogen) atoms. The topological polar surface area (TPSA) is 69.9 Å². The lowest BCUT2D eigenvalue weighted by atomic mass is 10.3. The minimum Gasteiger partial charge on any atom is -0.383 e. The molecule has 0 saturated carbocycles. The van der Waals surface area contributed by atoms with Crippen LogP contribution in [-0.2, 0) is 7.05 Å². The van der Waals surface area contributed by atoms with Crippen LogP contribution in [0.3, 0.4) is 0 Å². The Morgan fingerprint density at radius 3 is 2.80 bits per heavy atom. The van der Waals surface area contributed by atoms with Crippen LogP contribution in [0, 0.1) is 12.0 Å². The first-order valence-corrected chi connectivity index (χ1v) is 2.75. The highest BCUT2D eigenvalue weighted by atomic mass is 15.3. The number of aromatic nitrogens is 2. The van der Waals surface area contributed by atoms with Crippen LogP contribution in [0.5, 0.6) is 0 Å². The average molecular weight is 136 g/mol. The van der Waals surface area contributed by atoms with Crippen molar-refractivity contribution in [3.63, 3.8) is 0 Å². The molecule has 0 fully saturated rings. The van der Waals surface area contributed by atoms with E-state index in [4.69, 9.17) is 11.5 Å². The highest BCUT2D eigenvalue weighted by molar-refractivity contribution is 5.49. The van der Waals surface area contributed by atoms with E-state index >= 15 is 0 Å². The van der Waals surface area contributed by atoms with E-state index < -0.39 is 0 Å². The fourth-order valence-corrected chi connectivity index (χ4v) is 0.621. The Bertz CT molecular complexity index is 288. The molecule has 1 aromatic rings. The summed E-state index contributed by atoms with van der Waals surface area (Å²) in [4.78, 5) is 0. The molecule has 0 aliphatic carbocycles. The smallest absolute Gasteiger partial charge is 0.137 e. The van der Waals surface area contributed by atoms with Crippen LogP contribution in [0.25, 0.3) is 0 Å². The second-order valence-electron chi connectivity index (χ2n) is 1.84. The van der Waals surface area contributed by atoms with Gasteiger partial charge in [-0.05, 0) is 5.92 Å². The predicted molar refractivity (Wildman–Crippen MR) is 38.7 cm³/mol. The molecule has 0 aromatic carbocycles. The van der Waals surface area contributed by atoms with Gasteiger partial charge in [0.05, 0.1) is 11.8 Å². The van der Waals surface area contributed by atoms with E-state index in [0.717, 1.165) is 0 Å². The van der Waals surface area contributed by atoms with Gasteiger partial charge in [0, 0.05) is 13.1 Å². The summed E-state index contributed by atoms with van der Waals surface area (Å²) in [5.41, 5.74) is 11.2. The molecular formula is C6H8N4. The van der Waals surface area contributed by atoms with Gasteiger partial charge in [0.15, 0.2) is 0 Å². The van der Waals surface area contributed by atoms with E-state index in [2.05, 4.69) is 17.1 Å². The fourth-order valence-electron chi connectivity index (χ4n) is 0.621. The summed E-state index contributed by atoms with van der Waals surface area (Å²) in [6.07, 6.45) is 1.58. The molecule has 0 radical (unpaired) electrons. The molecule has 4 N–H and O–H groups in total. The summed E-state index contributed by atoms with van der Waals surface area (Å²) >= 11 is 0. The minimum absolute atomic E-state index is 0.540. The van der Waals surface area contributed by atoms with Gasteiger partial charge in [-0.25, -0.2) is 0 Å². The molecule has 0 amide bonds. The number of nitrogens with two attached hydrogens (primary N) is 2. The summed E-state index contributed by atoms with van der Waals surface area (Å²) in [6.45, 7) is 0. The second-order valence-corrected chi connectivity index (χ2v) is 1.84. The Kier molecular flexibility index (Phi) is 1.50. The fraction of sp³-hybridized carbons (Fsp3) is 0.167. The zero-order chi connectivity index (χ0) is 7.56. The van der Waals surface area contributed by atoms with E-state index in [9.17, 15) is 0 Å². The Morgan fingerprint density at radius 2 is 2.40 bits per heavy atom. The normalized spacial score (nSPS) is 8.50. The SMILES string of the molecule is Cn1ncc(C#CN)c1N. The van der Waals surface area contributed by atoms with Gasteiger partial charge in [0.1, 0.15) is 5.82 Å². The number of anilines is 1. The largest absolute Gasteiger partial charge is 0.383 e. The van der Waals surface area contributed by atoms with Crippen LogP contribution < -0.4 is 11.5 Å². The van der Waals surface area contributed by atoms with E-state index in [1.54, 1.807) is 17.9 Å². The third-order valence-electron chi connectivity index (χ3n) is 1.19. The molecule has 0 unspecified atom stereocenters. The zero-order valence-electron chi connectivity index (χ0n) is 5.63. The number of nitrogen functional groups attached to an aromatic ring is 1. The van der Waals surface area contributed by atoms with Crippen LogP contribution >= 0.6 is 0 Å². The van der Waals surface area contributed by atoms with Crippen molar-refractivity contribution in [1.82, 2.24) is 9.78 Å². The lowest BCUT2D eigenvalue weighted by Gasteiger charge is -1.90. The average Bonchev–Trinajstić information content (AvgIpc) is 2.20. The van der Waals surface area contributed by atoms with Gasteiger partial charge >= 0.3 is 0 Å². The van der Waals surface area contributed by atoms with E-state index in [0.29, 0.717) is 11.4 Å². The van der Waals surface area contributed by atoms with Crippen LogP contribution in [0.2, 0.25) is 0 Å². The Hall–Kier alpha value is -1.63. The quantitative estimate of drug-likeness (QED) is 0.365. The molecule has 4 nitrogen and oxygen atoms in total. The van der Waals surface area contributed by atoms with Crippen LogP contribution in [-0.4, -0.2) is 9.78 Å². The van der Waals surface area contributed by atoms with Gasteiger partial charge in [-0.15, -0.1) is 0 Å². The standard InChI is InChI=1S/C6H8N4/c1-10-6(8)5(2-3-7)4-9-10/h4H,7-8H2,1H3. The Labute approximate surface area is 58.8 Å². The van der Waals surface area contributed by atoms with Crippen molar-refractivity contribution >= 4 is 5.82 Å². The molecule has 1 heterocycles. The van der Waals surface area contributed by atoms with Gasteiger partial charge in [0.25, 0.3) is 0 Å². The van der Waals surface area contributed by atoms with Crippen molar-refractivity contribution < 1.29 is 0 Å². The predicted octanol–water partition coefficient (Wildman–Crippen LogP) is -0.730. The van der Waals surface area contributed by atoms with Crippen LogP contribution in [0.1, 0.15) is 5.56 Å². The second kappa shape index (κ2) is 2.31. The highest BCUT2D eigenvalue weighted by Gasteiger charge is 1.98. The molecular weight excluding hydrogens is 128 g/mol. The molecule has 0 aliphatic rings. The summed E-state index contributed by atoms with van der Waals surface area (Å²) in [6, 6.07) is 2.25. The highest BCUT2D eigenvalue weighted by Crippen LogP contribution is 2.05. The van der Waals surface area contributed by atoms with Gasteiger partial charge in [-0.1, -0.05) is 0 Å². The summed E-state index contributed by atoms with van der Waals surface area (Å²) < 4.78 is 1.54. The molecule has 4 heteroatoms. The zero-order valence-corrected chi connectivity index (χ0v) is 5.63. The van der Waals surface area contributed by atoms with E-state index in [1.165, 1.54) is 0 Å². The monoisotopic (exact) mass is 136 g/mol. The maximum atomic E-state index is 5.53. The Balaban J connectivity index is 3.13.